The van der Waals surface area contributed by atoms with Crippen LogP contribution in [0.5, 0.6) is 11.5 Å². The number of hydrogen-bond donors (Lipinski definition) is 2. The summed E-state index contributed by atoms with van der Waals surface area (Å²) in [5, 5.41) is 30.4. The van der Waals surface area contributed by atoms with Crippen LogP contribution in [-0.2, 0) is 0 Å². The first-order valence-electron chi connectivity index (χ1n) is 4.90. The summed E-state index contributed by atoms with van der Waals surface area (Å²) in [7, 11) is 0. The van der Waals surface area contributed by atoms with Gasteiger partial charge >= 0.3 is 0 Å². The minimum atomic E-state index is -0.196. The molecular formula is C10H12N4O2. The predicted octanol–water partition coefficient (Wildman–Crippen LogP) is 1.33. The molecule has 0 fully saturated rings. The molecule has 0 bridgehead atoms. The third-order valence-corrected chi connectivity index (χ3v) is 2.12. The highest BCUT2D eigenvalue weighted by molar-refractivity contribution is 5.59. The molecule has 1 heterocycles. The Morgan fingerprint density at radius 3 is 2.50 bits per heavy atom. The van der Waals surface area contributed by atoms with Crippen LogP contribution in [0.15, 0.2) is 18.2 Å². The summed E-state index contributed by atoms with van der Waals surface area (Å²) in [6.07, 6.45) is 0. The minimum Gasteiger partial charge on any atom is -0.504 e. The number of phenolic OH excluding ortho intramolecular Hbond substituents is 2. The maximum absolute atomic E-state index is 9.34. The Hall–Kier alpha value is -2.11. The van der Waals surface area contributed by atoms with E-state index in [9.17, 15) is 10.2 Å². The molecule has 16 heavy (non-hydrogen) atoms. The molecule has 84 valence electrons. The van der Waals surface area contributed by atoms with Crippen molar-refractivity contribution >= 4 is 0 Å². The highest BCUT2D eigenvalue weighted by atomic mass is 16.3. The molecule has 0 aliphatic carbocycles. The Morgan fingerprint density at radius 2 is 1.94 bits per heavy atom. The van der Waals surface area contributed by atoms with Crippen LogP contribution in [-0.4, -0.2) is 30.4 Å². The molecule has 0 aliphatic rings. The largest absolute Gasteiger partial charge is 0.504 e. The van der Waals surface area contributed by atoms with Crippen molar-refractivity contribution in [1.29, 1.82) is 0 Å². The molecule has 1 aromatic carbocycles. The summed E-state index contributed by atoms with van der Waals surface area (Å²) in [5.74, 6) is 0.0578. The van der Waals surface area contributed by atoms with Gasteiger partial charge in [0.1, 0.15) is 0 Å². The van der Waals surface area contributed by atoms with Crippen LogP contribution in [0.25, 0.3) is 11.4 Å². The Labute approximate surface area is 92.2 Å². The normalized spacial score (nSPS) is 10.9. The van der Waals surface area contributed by atoms with Gasteiger partial charge in [0.2, 0.25) is 5.82 Å². The number of nitrogens with zero attached hydrogens (tertiary/aromatic N) is 4. The van der Waals surface area contributed by atoms with E-state index in [1.165, 1.54) is 16.9 Å². The summed E-state index contributed by atoms with van der Waals surface area (Å²) in [5.41, 5.74) is 0.613. The second kappa shape index (κ2) is 3.80. The predicted molar refractivity (Wildman–Crippen MR) is 57.0 cm³/mol. The van der Waals surface area contributed by atoms with Gasteiger partial charge in [-0.1, -0.05) is 0 Å². The van der Waals surface area contributed by atoms with E-state index in [4.69, 9.17) is 0 Å². The van der Waals surface area contributed by atoms with Gasteiger partial charge in [0.25, 0.3) is 0 Å². The topological polar surface area (TPSA) is 84.1 Å². The van der Waals surface area contributed by atoms with Crippen LogP contribution in [0.2, 0.25) is 0 Å². The summed E-state index contributed by atoms with van der Waals surface area (Å²) in [6, 6.07) is 4.54. The van der Waals surface area contributed by atoms with Crippen molar-refractivity contribution in [2.75, 3.05) is 0 Å². The molecule has 6 nitrogen and oxygen atoms in total. The molecule has 2 N–H and O–H groups in total. The summed E-state index contributed by atoms with van der Waals surface area (Å²) >= 11 is 0. The van der Waals surface area contributed by atoms with E-state index in [1.54, 1.807) is 6.07 Å². The lowest BCUT2D eigenvalue weighted by molar-refractivity contribution is 0.404. The van der Waals surface area contributed by atoms with Gasteiger partial charge in [0.05, 0.1) is 6.04 Å². The Bertz CT molecular complexity index is 507. The van der Waals surface area contributed by atoms with Crippen molar-refractivity contribution in [3.8, 4) is 22.9 Å². The van der Waals surface area contributed by atoms with Crippen molar-refractivity contribution in [3.05, 3.63) is 18.2 Å². The summed E-state index contributed by atoms with van der Waals surface area (Å²) in [4.78, 5) is 1.49. The van der Waals surface area contributed by atoms with E-state index < -0.39 is 0 Å². The summed E-state index contributed by atoms with van der Waals surface area (Å²) < 4.78 is 0. The zero-order valence-corrected chi connectivity index (χ0v) is 8.99. The lowest BCUT2D eigenvalue weighted by atomic mass is 10.2. The van der Waals surface area contributed by atoms with Crippen molar-refractivity contribution in [2.24, 2.45) is 0 Å². The van der Waals surface area contributed by atoms with Gasteiger partial charge in [-0.25, -0.2) is 0 Å². The molecule has 1 aromatic heterocycles. The first-order chi connectivity index (χ1) is 7.58. The highest BCUT2D eigenvalue weighted by Crippen LogP contribution is 2.28. The monoisotopic (exact) mass is 220 g/mol. The molecular weight excluding hydrogens is 208 g/mol. The van der Waals surface area contributed by atoms with Crippen molar-refractivity contribution < 1.29 is 10.2 Å². The fraction of sp³-hybridized carbons (Fsp3) is 0.300. The number of phenols is 2. The lowest BCUT2D eigenvalue weighted by Crippen LogP contribution is -2.04. The van der Waals surface area contributed by atoms with Crippen LogP contribution < -0.4 is 0 Å². The van der Waals surface area contributed by atoms with Gasteiger partial charge < -0.3 is 10.2 Å². The quantitative estimate of drug-likeness (QED) is 0.746. The smallest absolute Gasteiger partial charge is 0.205 e. The van der Waals surface area contributed by atoms with Crippen LogP contribution in [0.3, 0.4) is 0 Å². The molecule has 0 atom stereocenters. The number of tetrazole rings is 1. The molecule has 2 aromatic rings. The average Bonchev–Trinajstić information content (AvgIpc) is 2.71. The van der Waals surface area contributed by atoms with Gasteiger partial charge in [-0.3, -0.25) is 0 Å². The van der Waals surface area contributed by atoms with Gasteiger partial charge in [-0.05, 0) is 37.3 Å². The molecule has 2 rings (SSSR count). The molecule has 0 saturated carbocycles. The van der Waals surface area contributed by atoms with E-state index in [-0.39, 0.29) is 17.5 Å². The molecule has 0 saturated heterocycles. The molecule has 0 radical (unpaired) electrons. The van der Waals surface area contributed by atoms with Gasteiger partial charge in [0, 0.05) is 5.56 Å². The second-order valence-corrected chi connectivity index (χ2v) is 3.73. The van der Waals surface area contributed by atoms with Crippen LogP contribution in [0, 0.1) is 0 Å². The zero-order chi connectivity index (χ0) is 11.7. The number of aromatic hydroxyl groups is 2. The van der Waals surface area contributed by atoms with E-state index in [0.29, 0.717) is 11.4 Å². The third-order valence-electron chi connectivity index (χ3n) is 2.12. The van der Waals surface area contributed by atoms with E-state index in [0.717, 1.165) is 0 Å². The molecule has 0 amide bonds. The van der Waals surface area contributed by atoms with Crippen LogP contribution >= 0.6 is 0 Å². The highest BCUT2D eigenvalue weighted by Gasteiger charge is 2.09. The van der Waals surface area contributed by atoms with Crippen LogP contribution in [0.4, 0.5) is 0 Å². The standard InChI is InChI=1S/C10H12N4O2/c1-6(2)14-12-10(11-13-14)7-3-4-8(15)9(16)5-7/h3-6,15-16H,1-2H3. The first-order valence-corrected chi connectivity index (χ1v) is 4.90. The lowest BCUT2D eigenvalue weighted by Gasteiger charge is -2.00. The fourth-order valence-electron chi connectivity index (χ4n) is 1.22. The maximum Gasteiger partial charge on any atom is 0.205 e. The zero-order valence-electron chi connectivity index (χ0n) is 8.99. The number of rotatable bonds is 2. The molecule has 0 spiro atoms. The molecule has 0 aliphatic heterocycles. The number of hydrogen-bond acceptors (Lipinski definition) is 5. The van der Waals surface area contributed by atoms with E-state index >= 15 is 0 Å². The molecule has 0 unspecified atom stereocenters. The van der Waals surface area contributed by atoms with Crippen molar-refractivity contribution in [2.45, 2.75) is 19.9 Å². The minimum absolute atomic E-state index is 0.131. The SMILES string of the molecule is CC(C)n1nnc(-c2ccc(O)c(O)c2)n1. The van der Waals surface area contributed by atoms with Crippen molar-refractivity contribution in [3.63, 3.8) is 0 Å². The van der Waals surface area contributed by atoms with Gasteiger partial charge in [-0.2, -0.15) is 4.80 Å². The van der Waals surface area contributed by atoms with E-state index in [1.807, 2.05) is 13.8 Å². The molecule has 6 heteroatoms. The number of benzene rings is 1. The van der Waals surface area contributed by atoms with Crippen molar-refractivity contribution in [1.82, 2.24) is 20.2 Å². The Balaban J connectivity index is 2.39. The second-order valence-electron chi connectivity index (χ2n) is 3.73. The van der Waals surface area contributed by atoms with Gasteiger partial charge in [0.15, 0.2) is 11.5 Å². The van der Waals surface area contributed by atoms with E-state index in [2.05, 4.69) is 15.4 Å². The first kappa shape index (κ1) is 10.4. The third kappa shape index (κ3) is 1.81. The maximum atomic E-state index is 9.34. The number of aromatic nitrogens is 4. The summed E-state index contributed by atoms with van der Waals surface area (Å²) in [6.45, 7) is 3.89. The fourth-order valence-corrected chi connectivity index (χ4v) is 1.22. The Kier molecular flexibility index (Phi) is 2.47. The average molecular weight is 220 g/mol. The van der Waals surface area contributed by atoms with Gasteiger partial charge in [-0.15, -0.1) is 10.2 Å². The van der Waals surface area contributed by atoms with Crippen LogP contribution in [0.1, 0.15) is 19.9 Å². The Morgan fingerprint density at radius 1 is 1.19 bits per heavy atom.